The first-order valence-electron chi connectivity index (χ1n) is 8.15. The number of nitrogens with zero attached hydrogens (tertiary/aromatic N) is 1. The number of benzene rings is 1. The van der Waals surface area contributed by atoms with Gasteiger partial charge in [0.15, 0.2) is 6.10 Å². The first-order chi connectivity index (χ1) is 11.1. The van der Waals surface area contributed by atoms with Gasteiger partial charge in [-0.05, 0) is 38.4 Å². The molecule has 5 nitrogen and oxygen atoms in total. The van der Waals surface area contributed by atoms with Gasteiger partial charge in [0.25, 0.3) is 5.91 Å². The van der Waals surface area contributed by atoms with E-state index in [1.165, 1.54) is 12.1 Å². The van der Waals surface area contributed by atoms with Crippen LogP contribution in [0.4, 0.5) is 4.39 Å². The SMILES string of the molecule is CC(Oc1cccc(F)c1)C(=O)NCCCCN1CCOCC1. The summed E-state index contributed by atoms with van der Waals surface area (Å²) in [7, 11) is 0. The Morgan fingerprint density at radius 2 is 2.17 bits per heavy atom. The molecule has 0 bridgehead atoms. The van der Waals surface area contributed by atoms with Crippen molar-refractivity contribution < 1.29 is 18.7 Å². The van der Waals surface area contributed by atoms with Crippen molar-refractivity contribution in [1.82, 2.24) is 10.2 Å². The van der Waals surface area contributed by atoms with Gasteiger partial charge in [-0.2, -0.15) is 0 Å². The van der Waals surface area contributed by atoms with Crippen LogP contribution in [0.2, 0.25) is 0 Å². The number of carbonyl (C=O) groups excluding carboxylic acids is 1. The van der Waals surface area contributed by atoms with E-state index in [-0.39, 0.29) is 11.7 Å². The zero-order valence-corrected chi connectivity index (χ0v) is 13.6. The van der Waals surface area contributed by atoms with Crippen molar-refractivity contribution in [3.63, 3.8) is 0 Å². The van der Waals surface area contributed by atoms with Crippen molar-refractivity contribution in [3.8, 4) is 5.75 Å². The highest BCUT2D eigenvalue weighted by Gasteiger charge is 2.14. The number of morpholine rings is 1. The smallest absolute Gasteiger partial charge is 0.260 e. The average Bonchev–Trinajstić information content (AvgIpc) is 2.55. The van der Waals surface area contributed by atoms with Crippen LogP contribution in [0.25, 0.3) is 0 Å². The van der Waals surface area contributed by atoms with Crippen molar-refractivity contribution in [2.24, 2.45) is 0 Å². The van der Waals surface area contributed by atoms with Crippen LogP contribution in [0.5, 0.6) is 5.75 Å². The molecule has 6 heteroatoms. The molecule has 0 spiro atoms. The minimum atomic E-state index is -0.643. The second-order valence-electron chi connectivity index (χ2n) is 5.67. The number of hydrogen-bond donors (Lipinski definition) is 1. The van der Waals surface area contributed by atoms with Crippen LogP contribution in [0.3, 0.4) is 0 Å². The number of ether oxygens (including phenoxy) is 2. The molecular formula is C17H25FN2O3. The molecule has 128 valence electrons. The Bertz CT molecular complexity index is 492. The summed E-state index contributed by atoms with van der Waals surface area (Å²) in [6.07, 6.45) is 1.32. The maximum absolute atomic E-state index is 13.1. The molecule has 1 saturated heterocycles. The third-order valence-electron chi connectivity index (χ3n) is 3.78. The zero-order chi connectivity index (χ0) is 16.5. The molecule has 1 aromatic rings. The predicted molar refractivity (Wildman–Crippen MR) is 86.0 cm³/mol. The van der Waals surface area contributed by atoms with Crippen molar-refractivity contribution in [1.29, 1.82) is 0 Å². The molecule has 1 atom stereocenters. The van der Waals surface area contributed by atoms with Crippen molar-refractivity contribution in [2.75, 3.05) is 39.4 Å². The summed E-state index contributed by atoms with van der Waals surface area (Å²) in [5, 5.41) is 2.85. The van der Waals surface area contributed by atoms with Crippen LogP contribution in [-0.2, 0) is 9.53 Å². The van der Waals surface area contributed by atoms with E-state index in [2.05, 4.69) is 10.2 Å². The highest BCUT2D eigenvalue weighted by Crippen LogP contribution is 2.13. The maximum atomic E-state index is 13.1. The summed E-state index contributed by atoms with van der Waals surface area (Å²) in [5.74, 6) is -0.196. The molecule has 0 aliphatic carbocycles. The maximum Gasteiger partial charge on any atom is 0.260 e. The highest BCUT2D eigenvalue weighted by atomic mass is 19.1. The first-order valence-corrected chi connectivity index (χ1v) is 8.15. The minimum absolute atomic E-state index is 0.180. The monoisotopic (exact) mass is 324 g/mol. The van der Waals surface area contributed by atoms with E-state index < -0.39 is 6.10 Å². The molecule has 23 heavy (non-hydrogen) atoms. The second kappa shape index (κ2) is 9.47. The summed E-state index contributed by atoms with van der Waals surface area (Å²) >= 11 is 0. The van der Waals surface area contributed by atoms with Gasteiger partial charge in [-0.15, -0.1) is 0 Å². The van der Waals surface area contributed by atoms with Gasteiger partial charge < -0.3 is 14.8 Å². The van der Waals surface area contributed by atoms with E-state index >= 15 is 0 Å². The molecular weight excluding hydrogens is 299 g/mol. The Hall–Kier alpha value is -1.66. The highest BCUT2D eigenvalue weighted by molar-refractivity contribution is 5.80. The number of nitrogens with one attached hydrogen (secondary N) is 1. The number of unbranched alkanes of at least 4 members (excludes halogenated alkanes) is 1. The topological polar surface area (TPSA) is 50.8 Å². The number of halogens is 1. The van der Waals surface area contributed by atoms with E-state index in [0.29, 0.717) is 12.3 Å². The van der Waals surface area contributed by atoms with E-state index in [1.54, 1.807) is 19.1 Å². The van der Waals surface area contributed by atoms with Crippen LogP contribution >= 0.6 is 0 Å². The Kier molecular flexibility index (Phi) is 7.29. The van der Waals surface area contributed by atoms with E-state index in [1.807, 2.05) is 0 Å². The summed E-state index contributed by atoms with van der Waals surface area (Å²) in [5.41, 5.74) is 0. The molecule has 0 saturated carbocycles. The first kappa shape index (κ1) is 17.7. The summed E-state index contributed by atoms with van der Waals surface area (Å²) in [6, 6.07) is 5.80. The lowest BCUT2D eigenvalue weighted by molar-refractivity contribution is -0.127. The summed E-state index contributed by atoms with van der Waals surface area (Å²) in [6.45, 7) is 6.93. The molecule has 1 aliphatic rings. The summed E-state index contributed by atoms with van der Waals surface area (Å²) in [4.78, 5) is 14.3. The fraction of sp³-hybridized carbons (Fsp3) is 0.588. The van der Waals surface area contributed by atoms with Gasteiger partial charge in [-0.3, -0.25) is 9.69 Å². The molecule has 1 amide bonds. The average molecular weight is 324 g/mol. The van der Waals surface area contributed by atoms with Gasteiger partial charge in [0.2, 0.25) is 0 Å². The van der Waals surface area contributed by atoms with Gasteiger partial charge in [0.05, 0.1) is 13.2 Å². The minimum Gasteiger partial charge on any atom is -0.481 e. The largest absolute Gasteiger partial charge is 0.481 e. The molecule has 1 fully saturated rings. The van der Waals surface area contributed by atoms with Crippen LogP contribution in [-0.4, -0.2) is 56.3 Å². The molecule has 2 rings (SSSR count). The molecule has 1 N–H and O–H groups in total. The molecule has 1 aliphatic heterocycles. The Morgan fingerprint density at radius 3 is 2.91 bits per heavy atom. The third-order valence-corrected chi connectivity index (χ3v) is 3.78. The van der Waals surface area contributed by atoms with Crippen molar-refractivity contribution in [3.05, 3.63) is 30.1 Å². The van der Waals surface area contributed by atoms with Gasteiger partial charge in [0.1, 0.15) is 11.6 Å². The van der Waals surface area contributed by atoms with Crippen LogP contribution < -0.4 is 10.1 Å². The molecule has 1 unspecified atom stereocenters. The number of hydrogen-bond acceptors (Lipinski definition) is 4. The lowest BCUT2D eigenvalue weighted by Gasteiger charge is -2.26. The Balaban J connectivity index is 1.58. The van der Waals surface area contributed by atoms with Crippen LogP contribution in [0, 0.1) is 5.82 Å². The number of rotatable bonds is 8. The van der Waals surface area contributed by atoms with E-state index in [4.69, 9.17) is 9.47 Å². The second-order valence-corrected chi connectivity index (χ2v) is 5.67. The van der Waals surface area contributed by atoms with Crippen LogP contribution in [0.1, 0.15) is 19.8 Å². The van der Waals surface area contributed by atoms with Crippen LogP contribution in [0.15, 0.2) is 24.3 Å². The lowest BCUT2D eigenvalue weighted by Crippen LogP contribution is -2.38. The number of amides is 1. The van der Waals surface area contributed by atoms with Crippen molar-refractivity contribution in [2.45, 2.75) is 25.9 Å². The third kappa shape index (κ3) is 6.54. The fourth-order valence-electron chi connectivity index (χ4n) is 2.44. The Morgan fingerprint density at radius 1 is 1.39 bits per heavy atom. The van der Waals surface area contributed by atoms with E-state index in [9.17, 15) is 9.18 Å². The fourth-order valence-corrected chi connectivity index (χ4v) is 2.44. The number of carbonyl (C=O) groups is 1. The zero-order valence-electron chi connectivity index (χ0n) is 13.6. The van der Waals surface area contributed by atoms with Gasteiger partial charge in [-0.1, -0.05) is 6.07 Å². The predicted octanol–water partition coefficient (Wildman–Crippen LogP) is 1.82. The van der Waals surface area contributed by atoms with Crippen molar-refractivity contribution >= 4 is 5.91 Å². The molecule has 0 aromatic heterocycles. The van der Waals surface area contributed by atoms with Gasteiger partial charge >= 0.3 is 0 Å². The summed E-state index contributed by atoms with van der Waals surface area (Å²) < 4.78 is 23.8. The Labute approximate surface area is 136 Å². The lowest BCUT2D eigenvalue weighted by atomic mass is 10.2. The molecule has 0 radical (unpaired) electrons. The van der Waals surface area contributed by atoms with Gasteiger partial charge in [-0.25, -0.2) is 4.39 Å². The van der Waals surface area contributed by atoms with Gasteiger partial charge in [0, 0.05) is 25.7 Å². The quantitative estimate of drug-likeness (QED) is 0.741. The van der Waals surface area contributed by atoms with E-state index in [0.717, 1.165) is 45.7 Å². The molecule has 1 aromatic carbocycles. The standard InChI is InChI=1S/C17H25FN2O3/c1-14(23-16-6-4-5-15(18)13-16)17(21)19-7-2-3-8-20-9-11-22-12-10-20/h4-6,13-14H,2-3,7-12H2,1H3,(H,19,21). The molecule has 1 heterocycles. The normalized spacial score (nSPS) is 16.8.